The second kappa shape index (κ2) is 5.80. The molecule has 0 bridgehead atoms. The third-order valence-electron chi connectivity index (χ3n) is 4.16. The third-order valence-corrected chi connectivity index (χ3v) is 4.16. The van der Waals surface area contributed by atoms with Gasteiger partial charge in [0.1, 0.15) is 11.4 Å². The van der Waals surface area contributed by atoms with Gasteiger partial charge in [-0.05, 0) is 43.4 Å². The van der Waals surface area contributed by atoms with E-state index in [1.54, 1.807) is 4.68 Å². The fourth-order valence-corrected chi connectivity index (χ4v) is 2.19. The Morgan fingerprint density at radius 2 is 1.81 bits per heavy atom. The number of ether oxygens (including phenoxy) is 1. The maximum absolute atomic E-state index is 6.04. The van der Waals surface area contributed by atoms with E-state index in [-0.39, 0.29) is 5.41 Å². The summed E-state index contributed by atoms with van der Waals surface area (Å²) in [6, 6.07) is 8.23. The van der Waals surface area contributed by atoms with Crippen molar-refractivity contribution in [1.29, 1.82) is 0 Å². The SMILES string of the molecule is CCn1nc(C)c(N)c1Oc1ccc(C(C)(C)CC)cc1. The van der Waals surface area contributed by atoms with Gasteiger partial charge in [-0.2, -0.15) is 5.10 Å². The van der Waals surface area contributed by atoms with E-state index in [0.29, 0.717) is 11.6 Å². The molecule has 4 heteroatoms. The van der Waals surface area contributed by atoms with Gasteiger partial charge in [-0.3, -0.25) is 0 Å². The number of rotatable bonds is 5. The van der Waals surface area contributed by atoms with Crippen LogP contribution in [0.1, 0.15) is 45.4 Å². The molecule has 21 heavy (non-hydrogen) atoms. The quantitative estimate of drug-likeness (QED) is 0.893. The van der Waals surface area contributed by atoms with Gasteiger partial charge in [-0.1, -0.05) is 32.9 Å². The number of benzene rings is 1. The van der Waals surface area contributed by atoms with Crippen molar-refractivity contribution in [3.63, 3.8) is 0 Å². The molecule has 0 fully saturated rings. The van der Waals surface area contributed by atoms with E-state index in [9.17, 15) is 0 Å². The van der Waals surface area contributed by atoms with Crippen LogP contribution < -0.4 is 10.5 Å². The number of nitrogens with zero attached hydrogens (tertiary/aromatic N) is 2. The summed E-state index contributed by atoms with van der Waals surface area (Å²) in [5, 5.41) is 4.36. The summed E-state index contributed by atoms with van der Waals surface area (Å²) in [5.41, 5.74) is 8.94. The zero-order valence-electron chi connectivity index (χ0n) is 13.6. The van der Waals surface area contributed by atoms with E-state index >= 15 is 0 Å². The first-order valence-corrected chi connectivity index (χ1v) is 7.50. The summed E-state index contributed by atoms with van der Waals surface area (Å²) in [7, 11) is 0. The molecule has 2 aromatic rings. The zero-order chi connectivity index (χ0) is 15.6. The molecule has 0 saturated heterocycles. The highest BCUT2D eigenvalue weighted by atomic mass is 16.5. The van der Waals surface area contributed by atoms with E-state index in [0.717, 1.165) is 24.4 Å². The van der Waals surface area contributed by atoms with Crippen molar-refractivity contribution < 1.29 is 4.74 Å². The molecule has 0 aliphatic heterocycles. The van der Waals surface area contributed by atoms with Crippen molar-refractivity contribution in [2.75, 3.05) is 5.73 Å². The Morgan fingerprint density at radius 3 is 2.33 bits per heavy atom. The highest BCUT2D eigenvalue weighted by Gasteiger charge is 2.18. The summed E-state index contributed by atoms with van der Waals surface area (Å²) in [6.07, 6.45) is 1.10. The van der Waals surface area contributed by atoms with Crippen LogP contribution >= 0.6 is 0 Å². The van der Waals surface area contributed by atoms with E-state index in [2.05, 4.69) is 38.0 Å². The topological polar surface area (TPSA) is 53.1 Å². The second-order valence-electron chi connectivity index (χ2n) is 5.98. The van der Waals surface area contributed by atoms with E-state index in [1.165, 1.54) is 5.56 Å². The maximum Gasteiger partial charge on any atom is 0.241 e. The molecule has 1 heterocycles. The van der Waals surface area contributed by atoms with Crippen LogP contribution in [-0.4, -0.2) is 9.78 Å². The van der Waals surface area contributed by atoms with Crippen LogP contribution in [0.3, 0.4) is 0 Å². The van der Waals surface area contributed by atoms with Gasteiger partial charge >= 0.3 is 0 Å². The highest BCUT2D eigenvalue weighted by Crippen LogP contribution is 2.32. The number of nitrogen functional groups attached to an aromatic ring is 1. The van der Waals surface area contributed by atoms with Crippen LogP contribution in [0.4, 0.5) is 5.69 Å². The molecule has 4 nitrogen and oxygen atoms in total. The van der Waals surface area contributed by atoms with Crippen LogP contribution in [-0.2, 0) is 12.0 Å². The average Bonchev–Trinajstić information content (AvgIpc) is 2.75. The van der Waals surface area contributed by atoms with Crippen LogP contribution in [0.2, 0.25) is 0 Å². The first-order valence-electron chi connectivity index (χ1n) is 7.50. The Balaban J connectivity index is 2.25. The normalized spacial score (nSPS) is 11.7. The van der Waals surface area contributed by atoms with Crippen LogP contribution in [0.15, 0.2) is 24.3 Å². The molecule has 2 N–H and O–H groups in total. The van der Waals surface area contributed by atoms with Crippen molar-refractivity contribution in [3.05, 3.63) is 35.5 Å². The Kier molecular flexibility index (Phi) is 4.26. The Labute approximate surface area is 126 Å². The van der Waals surface area contributed by atoms with Crippen molar-refractivity contribution >= 4 is 5.69 Å². The summed E-state index contributed by atoms with van der Waals surface area (Å²) in [6.45, 7) is 11.3. The lowest BCUT2D eigenvalue weighted by atomic mass is 9.82. The minimum Gasteiger partial charge on any atom is -0.437 e. The Bertz CT molecular complexity index is 612. The molecule has 0 aliphatic carbocycles. The van der Waals surface area contributed by atoms with Gasteiger partial charge in [0.15, 0.2) is 0 Å². The van der Waals surface area contributed by atoms with E-state index in [1.807, 2.05) is 26.0 Å². The van der Waals surface area contributed by atoms with Gasteiger partial charge in [0, 0.05) is 6.54 Å². The molecular formula is C17H25N3O. The van der Waals surface area contributed by atoms with Gasteiger partial charge in [0.2, 0.25) is 5.88 Å². The number of aromatic nitrogens is 2. The lowest BCUT2D eigenvalue weighted by Gasteiger charge is -2.23. The van der Waals surface area contributed by atoms with Crippen LogP contribution in [0.5, 0.6) is 11.6 Å². The molecule has 0 unspecified atom stereocenters. The lowest BCUT2D eigenvalue weighted by Crippen LogP contribution is -2.14. The molecule has 2 rings (SSSR count). The smallest absolute Gasteiger partial charge is 0.241 e. The summed E-state index contributed by atoms with van der Waals surface area (Å²) in [4.78, 5) is 0. The number of anilines is 1. The largest absolute Gasteiger partial charge is 0.437 e. The predicted molar refractivity (Wildman–Crippen MR) is 86.9 cm³/mol. The molecule has 114 valence electrons. The number of aryl methyl sites for hydroxylation is 2. The average molecular weight is 287 g/mol. The number of hydrogen-bond acceptors (Lipinski definition) is 3. The van der Waals surface area contributed by atoms with Gasteiger partial charge in [0.25, 0.3) is 0 Å². The van der Waals surface area contributed by atoms with Gasteiger partial charge in [0.05, 0.1) is 5.69 Å². The predicted octanol–water partition coefficient (Wildman–Crippen LogP) is 4.27. The minimum atomic E-state index is 0.180. The summed E-state index contributed by atoms with van der Waals surface area (Å²) in [5.74, 6) is 1.41. The first-order chi connectivity index (χ1) is 9.89. The van der Waals surface area contributed by atoms with E-state index < -0.39 is 0 Å². The van der Waals surface area contributed by atoms with Crippen molar-refractivity contribution in [1.82, 2.24) is 9.78 Å². The highest BCUT2D eigenvalue weighted by molar-refractivity contribution is 5.54. The van der Waals surface area contributed by atoms with E-state index in [4.69, 9.17) is 10.5 Å². The van der Waals surface area contributed by atoms with Crippen LogP contribution in [0, 0.1) is 6.92 Å². The third kappa shape index (κ3) is 3.04. The van der Waals surface area contributed by atoms with Crippen LogP contribution in [0.25, 0.3) is 0 Å². The molecule has 0 aliphatic rings. The van der Waals surface area contributed by atoms with Crippen molar-refractivity contribution in [2.24, 2.45) is 0 Å². The summed E-state index contributed by atoms with van der Waals surface area (Å²) < 4.78 is 7.72. The molecule has 1 aromatic carbocycles. The number of hydrogen-bond donors (Lipinski definition) is 1. The fraction of sp³-hybridized carbons (Fsp3) is 0.471. The molecule has 0 amide bonds. The molecular weight excluding hydrogens is 262 g/mol. The maximum atomic E-state index is 6.04. The van der Waals surface area contributed by atoms with Gasteiger partial charge < -0.3 is 10.5 Å². The second-order valence-corrected chi connectivity index (χ2v) is 5.98. The standard InChI is InChI=1S/C17H25N3O/c1-6-17(4,5)13-8-10-14(11-9-13)21-16-15(18)12(3)19-20(16)7-2/h8-11H,6-7,18H2,1-5H3. The monoisotopic (exact) mass is 287 g/mol. The van der Waals surface area contributed by atoms with Crippen molar-refractivity contribution in [3.8, 4) is 11.6 Å². The molecule has 0 saturated carbocycles. The van der Waals surface area contributed by atoms with Gasteiger partial charge in [-0.15, -0.1) is 0 Å². The van der Waals surface area contributed by atoms with Gasteiger partial charge in [-0.25, -0.2) is 4.68 Å². The fourth-order valence-electron chi connectivity index (χ4n) is 2.19. The molecule has 0 atom stereocenters. The number of nitrogens with two attached hydrogens (primary N) is 1. The first kappa shape index (κ1) is 15.4. The molecule has 0 spiro atoms. The molecule has 1 aromatic heterocycles. The zero-order valence-corrected chi connectivity index (χ0v) is 13.6. The molecule has 0 radical (unpaired) electrons. The van der Waals surface area contributed by atoms with Crippen molar-refractivity contribution in [2.45, 2.75) is 53.0 Å². The minimum absolute atomic E-state index is 0.180. The Hall–Kier alpha value is -1.97. The lowest BCUT2D eigenvalue weighted by molar-refractivity contribution is 0.417. The Morgan fingerprint density at radius 1 is 1.19 bits per heavy atom. The summed E-state index contributed by atoms with van der Waals surface area (Å²) >= 11 is 0.